The first-order chi connectivity index (χ1) is 11.6. The Labute approximate surface area is 143 Å². The molecule has 1 aromatic carbocycles. The number of aromatic nitrogens is 1. The fraction of sp³-hybridized carbons (Fsp3) is 0.235. The van der Waals surface area contributed by atoms with Crippen molar-refractivity contribution in [3.63, 3.8) is 0 Å². The second-order valence-corrected chi connectivity index (χ2v) is 5.92. The van der Waals surface area contributed by atoms with E-state index < -0.39 is 6.04 Å². The monoisotopic (exact) mass is 344 g/mol. The van der Waals surface area contributed by atoms with Gasteiger partial charge in [0.15, 0.2) is 5.69 Å². The Bertz CT molecular complexity index is 803. The number of nitrogens with zero attached hydrogens (tertiary/aromatic N) is 3. The number of nitriles is 1. The van der Waals surface area contributed by atoms with Gasteiger partial charge in [0.05, 0.1) is 5.02 Å². The van der Waals surface area contributed by atoms with E-state index in [1.807, 2.05) is 6.07 Å². The van der Waals surface area contributed by atoms with Gasteiger partial charge in [-0.05, 0) is 36.2 Å². The average Bonchev–Trinajstić information content (AvgIpc) is 2.92. The molecule has 0 spiro atoms. The van der Waals surface area contributed by atoms with Crippen LogP contribution in [0.4, 0.5) is 10.2 Å². The van der Waals surface area contributed by atoms with Crippen LogP contribution in [0.15, 0.2) is 36.4 Å². The summed E-state index contributed by atoms with van der Waals surface area (Å²) >= 11 is 5.85. The quantitative estimate of drug-likeness (QED) is 0.925. The van der Waals surface area contributed by atoms with Crippen LogP contribution in [0, 0.1) is 17.1 Å². The van der Waals surface area contributed by atoms with Gasteiger partial charge in [0, 0.05) is 13.1 Å². The van der Waals surface area contributed by atoms with Crippen LogP contribution in [0.3, 0.4) is 0 Å². The van der Waals surface area contributed by atoms with Gasteiger partial charge in [-0.2, -0.15) is 5.26 Å². The molecule has 122 valence electrons. The Morgan fingerprint density at radius 3 is 2.79 bits per heavy atom. The Balaban J connectivity index is 1.66. The third-order valence-corrected chi connectivity index (χ3v) is 4.16. The Morgan fingerprint density at radius 1 is 1.33 bits per heavy atom. The molecule has 0 radical (unpaired) electrons. The van der Waals surface area contributed by atoms with E-state index in [9.17, 15) is 9.18 Å². The predicted molar refractivity (Wildman–Crippen MR) is 87.8 cm³/mol. The molecule has 1 saturated heterocycles. The highest BCUT2D eigenvalue weighted by molar-refractivity contribution is 6.31. The van der Waals surface area contributed by atoms with E-state index in [1.165, 1.54) is 12.1 Å². The van der Waals surface area contributed by atoms with Crippen LogP contribution in [0.2, 0.25) is 5.02 Å². The van der Waals surface area contributed by atoms with E-state index in [4.69, 9.17) is 16.9 Å². The molecule has 1 aromatic heterocycles. The molecular weight excluding hydrogens is 331 g/mol. The normalized spacial score (nSPS) is 17.0. The summed E-state index contributed by atoms with van der Waals surface area (Å²) in [6.07, 6.45) is 0.631. The van der Waals surface area contributed by atoms with Gasteiger partial charge in [-0.1, -0.05) is 23.7 Å². The standard InChI is InChI=1S/C17H14ClFN4O/c18-13-5-6-16(22-15(13)9-20)21-14-7-8-23(17(14)24)10-11-1-3-12(19)4-2-11/h1-6,14H,7-8,10H2,(H,21,22). The molecule has 5 nitrogen and oxygen atoms in total. The Morgan fingerprint density at radius 2 is 2.08 bits per heavy atom. The van der Waals surface area contributed by atoms with Crippen molar-refractivity contribution in [2.24, 2.45) is 0 Å². The SMILES string of the molecule is N#Cc1nc(NC2CCN(Cc3ccc(F)cc3)C2=O)ccc1Cl. The molecular formula is C17H14ClFN4O. The van der Waals surface area contributed by atoms with Crippen molar-refractivity contribution in [3.05, 3.63) is 58.5 Å². The first-order valence-corrected chi connectivity index (χ1v) is 7.81. The number of carbonyl (C=O) groups is 1. The minimum Gasteiger partial charge on any atom is -0.358 e. The summed E-state index contributed by atoms with van der Waals surface area (Å²) in [5, 5.41) is 12.3. The summed E-state index contributed by atoms with van der Waals surface area (Å²) in [4.78, 5) is 18.3. The van der Waals surface area contributed by atoms with E-state index in [1.54, 1.807) is 29.2 Å². The van der Waals surface area contributed by atoms with Crippen LogP contribution >= 0.6 is 11.6 Å². The van der Waals surface area contributed by atoms with Gasteiger partial charge in [0.25, 0.3) is 0 Å². The zero-order valence-electron chi connectivity index (χ0n) is 12.7. The molecule has 1 N–H and O–H groups in total. The van der Waals surface area contributed by atoms with Crippen molar-refractivity contribution in [1.82, 2.24) is 9.88 Å². The largest absolute Gasteiger partial charge is 0.358 e. The smallest absolute Gasteiger partial charge is 0.245 e. The highest BCUT2D eigenvalue weighted by Gasteiger charge is 2.31. The van der Waals surface area contributed by atoms with E-state index in [0.717, 1.165) is 5.56 Å². The molecule has 2 aromatic rings. The van der Waals surface area contributed by atoms with Gasteiger partial charge < -0.3 is 10.2 Å². The van der Waals surface area contributed by atoms with Crippen LogP contribution in [0.5, 0.6) is 0 Å². The number of rotatable bonds is 4. The maximum atomic E-state index is 12.9. The lowest BCUT2D eigenvalue weighted by Crippen LogP contribution is -2.33. The molecule has 24 heavy (non-hydrogen) atoms. The second kappa shape index (κ2) is 6.85. The summed E-state index contributed by atoms with van der Waals surface area (Å²) in [6.45, 7) is 1.04. The van der Waals surface area contributed by atoms with Crippen LogP contribution in [0.1, 0.15) is 17.7 Å². The topological polar surface area (TPSA) is 69.0 Å². The van der Waals surface area contributed by atoms with Crippen molar-refractivity contribution in [2.75, 3.05) is 11.9 Å². The lowest BCUT2D eigenvalue weighted by atomic mass is 10.2. The first kappa shape index (κ1) is 16.2. The average molecular weight is 345 g/mol. The number of halogens is 2. The van der Waals surface area contributed by atoms with Crippen molar-refractivity contribution in [2.45, 2.75) is 19.0 Å². The minimum atomic E-state index is -0.398. The van der Waals surface area contributed by atoms with Crippen molar-refractivity contribution >= 4 is 23.3 Å². The zero-order valence-corrected chi connectivity index (χ0v) is 13.4. The maximum Gasteiger partial charge on any atom is 0.245 e. The molecule has 1 aliphatic heterocycles. The van der Waals surface area contributed by atoms with Crippen molar-refractivity contribution < 1.29 is 9.18 Å². The summed E-state index contributed by atoms with van der Waals surface area (Å²) in [6, 6.07) is 10.8. The maximum absolute atomic E-state index is 12.9. The molecule has 0 bridgehead atoms. The lowest BCUT2D eigenvalue weighted by molar-refractivity contribution is -0.128. The third kappa shape index (κ3) is 3.47. The van der Waals surface area contributed by atoms with Crippen LogP contribution < -0.4 is 5.32 Å². The number of hydrogen-bond acceptors (Lipinski definition) is 4. The van der Waals surface area contributed by atoms with Gasteiger partial charge in [0.1, 0.15) is 23.7 Å². The number of nitrogens with one attached hydrogen (secondary N) is 1. The van der Waals surface area contributed by atoms with E-state index in [2.05, 4.69) is 10.3 Å². The number of likely N-dealkylation sites (tertiary alicyclic amines) is 1. The minimum absolute atomic E-state index is 0.0467. The molecule has 1 unspecified atom stereocenters. The Kier molecular flexibility index (Phi) is 4.63. The molecule has 1 amide bonds. The number of pyridine rings is 1. The molecule has 1 aliphatic rings. The van der Waals surface area contributed by atoms with Crippen molar-refractivity contribution in [1.29, 1.82) is 5.26 Å². The molecule has 2 heterocycles. The highest BCUT2D eigenvalue weighted by Crippen LogP contribution is 2.21. The Hall–Kier alpha value is -2.65. The van der Waals surface area contributed by atoms with Crippen LogP contribution in [-0.4, -0.2) is 28.4 Å². The fourth-order valence-electron chi connectivity index (χ4n) is 2.62. The number of anilines is 1. The van der Waals surface area contributed by atoms with E-state index >= 15 is 0 Å². The number of benzene rings is 1. The fourth-order valence-corrected chi connectivity index (χ4v) is 2.77. The number of hydrogen-bond donors (Lipinski definition) is 1. The van der Waals surface area contributed by atoms with Gasteiger partial charge in [0.2, 0.25) is 5.91 Å². The molecule has 0 aliphatic carbocycles. The lowest BCUT2D eigenvalue weighted by Gasteiger charge is -2.17. The van der Waals surface area contributed by atoms with Crippen LogP contribution in [-0.2, 0) is 11.3 Å². The van der Waals surface area contributed by atoms with Gasteiger partial charge in [-0.3, -0.25) is 4.79 Å². The second-order valence-electron chi connectivity index (χ2n) is 5.51. The highest BCUT2D eigenvalue weighted by atomic mass is 35.5. The van der Waals surface area contributed by atoms with Crippen LogP contribution in [0.25, 0.3) is 0 Å². The van der Waals surface area contributed by atoms with Gasteiger partial charge >= 0.3 is 0 Å². The first-order valence-electron chi connectivity index (χ1n) is 7.43. The van der Waals surface area contributed by atoms with E-state index in [-0.39, 0.29) is 22.4 Å². The molecule has 7 heteroatoms. The zero-order chi connectivity index (χ0) is 17.1. The number of amides is 1. The molecule has 1 atom stereocenters. The third-order valence-electron chi connectivity index (χ3n) is 3.86. The number of carbonyl (C=O) groups excluding carboxylic acids is 1. The van der Waals surface area contributed by atoms with Crippen molar-refractivity contribution in [3.8, 4) is 6.07 Å². The molecule has 1 fully saturated rings. The summed E-state index contributed by atoms with van der Waals surface area (Å²) < 4.78 is 12.9. The summed E-state index contributed by atoms with van der Waals surface area (Å²) in [5.74, 6) is 0.0978. The van der Waals surface area contributed by atoms with E-state index in [0.29, 0.717) is 25.3 Å². The predicted octanol–water partition coefficient (Wildman–Crippen LogP) is 2.96. The molecule has 3 rings (SSSR count). The van der Waals surface area contributed by atoms with Gasteiger partial charge in [-0.15, -0.1) is 0 Å². The summed E-state index contributed by atoms with van der Waals surface area (Å²) in [7, 11) is 0. The molecule has 0 saturated carbocycles. The van der Waals surface area contributed by atoms with Gasteiger partial charge in [-0.25, -0.2) is 9.37 Å². The summed E-state index contributed by atoms with van der Waals surface area (Å²) in [5.41, 5.74) is 0.997.